The Bertz CT molecular complexity index is 742. The molecule has 3 rings (SSSR count). The highest BCUT2D eigenvalue weighted by molar-refractivity contribution is 7.69. The third-order valence-electron chi connectivity index (χ3n) is 2.73. The van der Waals surface area contributed by atoms with Crippen LogP contribution >= 0.6 is 20.7 Å². The molecule has 0 aliphatic rings. The molecule has 0 saturated carbocycles. The first-order valence-corrected chi connectivity index (χ1v) is 8.10. The fraction of sp³-hybridized carbons (Fsp3) is 0.0667. The second kappa shape index (κ2) is 5.47. The topological polar surface area (TPSA) is 25.2 Å². The zero-order chi connectivity index (χ0) is 13.1. The van der Waals surface area contributed by atoms with Gasteiger partial charge in [-0.15, -0.1) is 0 Å². The number of nitrogens with zero attached hydrogens (tertiary/aromatic N) is 2. The monoisotopic (exact) mass is 284 g/mol. The van der Waals surface area contributed by atoms with Gasteiger partial charge in [0.25, 0.3) is 0 Å². The summed E-state index contributed by atoms with van der Waals surface area (Å²) in [4.78, 5) is 10.2. The van der Waals surface area contributed by atoms with E-state index in [1.165, 1.54) is 10.4 Å². The summed E-state index contributed by atoms with van der Waals surface area (Å²) in [7, 11) is 3.43. The summed E-state index contributed by atoms with van der Waals surface area (Å²) in [6.45, 7) is 2.03. The second-order valence-electron chi connectivity index (χ2n) is 4.14. The van der Waals surface area contributed by atoms with Crippen molar-refractivity contribution in [1.29, 1.82) is 0 Å². The smallest absolute Gasteiger partial charge is 0.156 e. The summed E-state index contributed by atoms with van der Waals surface area (Å²) < 4.78 is 1.01. The zero-order valence-corrected chi connectivity index (χ0v) is 12.0. The molecule has 0 unspecified atom stereocenters. The van der Waals surface area contributed by atoms with Crippen LogP contribution in [0.5, 0.6) is 0 Å². The highest BCUT2D eigenvalue weighted by Gasteiger charge is 2.01. The maximum absolute atomic E-state index is 4.60. The molecule has 2 nitrogen and oxygen atoms in total. The molecule has 2 aromatic heterocycles. The Balaban J connectivity index is 2.01. The van der Waals surface area contributed by atoms with E-state index in [0.717, 1.165) is 16.1 Å². The molecule has 0 amide bonds. The number of rotatable bonds is 2. The van der Waals surface area contributed by atoms with Crippen molar-refractivity contribution >= 4 is 26.5 Å². The minimum absolute atomic E-state index is 0.802. The van der Waals surface area contributed by atoms with E-state index in [-0.39, 0.29) is 0 Å². The van der Waals surface area contributed by atoms with Crippen molar-refractivity contribution in [2.24, 2.45) is 4.99 Å². The summed E-state index contributed by atoms with van der Waals surface area (Å²) in [5.74, 6) is 0.802. The van der Waals surface area contributed by atoms with E-state index in [1.54, 1.807) is 26.9 Å². The lowest BCUT2D eigenvalue weighted by atomic mass is 10.2. The van der Waals surface area contributed by atoms with Crippen molar-refractivity contribution in [1.82, 2.24) is 4.98 Å². The van der Waals surface area contributed by atoms with Crippen LogP contribution in [-0.2, 0) is 0 Å². The molecular weight excluding hydrogens is 272 g/mol. The van der Waals surface area contributed by atoms with Crippen LogP contribution in [-0.4, -0.2) is 4.98 Å². The summed E-state index contributed by atoms with van der Waals surface area (Å²) in [5.41, 5.74) is 2.34. The molecule has 94 valence electrons. The summed E-state index contributed by atoms with van der Waals surface area (Å²) in [5, 5.41) is 0. The van der Waals surface area contributed by atoms with Gasteiger partial charge in [0, 0.05) is 11.1 Å². The molecule has 1 aromatic carbocycles. The van der Waals surface area contributed by atoms with Crippen LogP contribution in [0.15, 0.2) is 59.7 Å². The Labute approximate surface area is 119 Å². The standard InChI is InChI=1S/C15H12N2S2/c1-11-6-5-9-16-15(11)17-14-10-13(18-19-14)12-7-3-2-4-8-12/h2-10H,1H3. The molecular formula is C15H12N2S2. The Morgan fingerprint density at radius 3 is 2.63 bits per heavy atom. The Hall–Kier alpha value is -1.78. The minimum atomic E-state index is 0.802. The molecule has 0 N–H and O–H groups in total. The van der Waals surface area contributed by atoms with Gasteiger partial charge in [0.05, 0.1) is 0 Å². The zero-order valence-electron chi connectivity index (χ0n) is 10.4. The molecule has 0 aliphatic carbocycles. The molecule has 0 bridgehead atoms. The highest BCUT2D eigenvalue weighted by Crippen LogP contribution is 2.25. The van der Waals surface area contributed by atoms with Crippen molar-refractivity contribution in [2.75, 3.05) is 0 Å². The van der Waals surface area contributed by atoms with Crippen LogP contribution in [0.3, 0.4) is 0 Å². The Kier molecular flexibility index (Phi) is 3.53. The van der Waals surface area contributed by atoms with Crippen LogP contribution in [0.2, 0.25) is 0 Å². The van der Waals surface area contributed by atoms with Gasteiger partial charge in [-0.2, -0.15) is 0 Å². The van der Waals surface area contributed by atoms with Gasteiger partial charge < -0.3 is 0 Å². The third kappa shape index (κ3) is 2.80. The van der Waals surface area contributed by atoms with Gasteiger partial charge >= 0.3 is 0 Å². The number of hydrogen-bond acceptors (Lipinski definition) is 4. The first-order valence-electron chi connectivity index (χ1n) is 5.95. The average Bonchev–Trinajstić information content (AvgIpc) is 2.91. The molecule has 3 aromatic rings. The van der Waals surface area contributed by atoms with Gasteiger partial charge in [-0.05, 0) is 30.2 Å². The van der Waals surface area contributed by atoms with Crippen LogP contribution in [0.4, 0.5) is 5.82 Å². The maximum atomic E-state index is 4.60. The molecule has 0 saturated heterocycles. The molecule has 0 radical (unpaired) electrons. The first-order chi connectivity index (χ1) is 9.33. The Morgan fingerprint density at radius 1 is 1.00 bits per heavy atom. The number of aryl methyl sites for hydroxylation is 1. The van der Waals surface area contributed by atoms with Gasteiger partial charge in [-0.25, -0.2) is 9.98 Å². The summed E-state index contributed by atoms with van der Waals surface area (Å²) in [6.07, 6.45) is 1.78. The fourth-order valence-corrected chi connectivity index (χ4v) is 3.88. The van der Waals surface area contributed by atoms with Crippen molar-refractivity contribution < 1.29 is 0 Å². The number of benzene rings is 1. The highest BCUT2D eigenvalue weighted by atomic mass is 32.9. The minimum Gasteiger partial charge on any atom is -0.237 e. The van der Waals surface area contributed by atoms with E-state index in [9.17, 15) is 0 Å². The van der Waals surface area contributed by atoms with Gasteiger partial charge in [0.1, 0.15) is 4.67 Å². The SMILES string of the molecule is Cc1cccnc1N=c1cc(-c2ccccc2)ss1. The van der Waals surface area contributed by atoms with Gasteiger partial charge in [0.15, 0.2) is 5.82 Å². The Morgan fingerprint density at radius 2 is 1.84 bits per heavy atom. The van der Waals surface area contributed by atoms with E-state index >= 15 is 0 Å². The molecule has 0 spiro atoms. The lowest BCUT2D eigenvalue weighted by Gasteiger charge is -1.95. The van der Waals surface area contributed by atoms with E-state index < -0.39 is 0 Å². The first kappa shape index (κ1) is 12.3. The predicted octanol–water partition coefficient (Wildman–Crippen LogP) is 4.41. The van der Waals surface area contributed by atoms with E-state index in [1.807, 2.05) is 25.1 Å². The van der Waals surface area contributed by atoms with Crippen molar-refractivity contribution in [3.8, 4) is 10.4 Å². The van der Waals surface area contributed by atoms with Crippen LogP contribution in [0.25, 0.3) is 10.4 Å². The fourth-order valence-electron chi connectivity index (χ4n) is 1.73. The average molecular weight is 284 g/mol. The molecule has 0 fully saturated rings. The summed E-state index contributed by atoms with van der Waals surface area (Å²) in [6, 6.07) is 16.5. The van der Waals surface area contributed by atoms with Crippen LogP contribution in [0, 0.1) is 6.92 Å². The molecule has 4 heteroatoms. The molecule has 0 aliphatic heterocycles. The largest absolute Gasteiger partial charge is 0.237 e. The van der Waals surface area contributed by atoms with E-state index in [4.69, 9.17) is 0 Å². The molecule has 2 heterocycles. The summed E-state index contributed by atoms with van der Waals surface area (Å²) >= 11 is 0. The van der Waals surface area contributed by atoms with Crippen molar-refractivity contribution in [3.05, 3.63) is 65.0 Å². The predicted molar refractivity (Wildman–Crippen MR) is 81.8 cm³/mol. The van der Waals surface area contributed by atoms with Gasteiger partial charge in [0.2, 0.25) is 0 Å². The quantitative estimate of drug-likeness (QED) is 0.640. The lowest BCUT2D eigenvalue weighted by molar-refractivity contribution is 1.20. The van der Waals surface area contributed by atoms with E-state index in [0.29, 0.717) is 0 Å². The second-order valence-corrected chi connectivity index (χ2v) is 6.33. The lowest BCUT2D eigenvalue weighted by Crippen LogP contribution is -1.91. The maximum Gasteiger partial charge on any atom is 0.156 e. The van der Waals surface area contributed by atoms with Crippen molar-refractivity contribution in [3.63, 3.8) is 0 Å². The number of pyridine rings is 1. The van der Waals surface area contributed by atoms with Crippen LogP contribution < -0.4 is 4.67 Å². The van der Waals surface area contributed by atoms with Gasteiger partial charge in [-0.3, -0.25) is 0 Å². The van der Waals surface area contributed by atoms with Gasteiger partial charge in [-0.1, -0.05) is 57.1 Å². The van der Waals surface area contributed by atoms with E-state index in [2.05, 4.69) is 40.3 Å². The number of aromatic nitrogens is 1. The van der Waals surface area contributed by atoms with Crippen LogP contribution in [0.1, 0.15) is 5.56 Å². The third-order valence-corrected chi connectivity index (χ3v) is 5.02. The normalized spacial score (nSPS) is 11.7. The number of hydrogen-bond donors (Lipinski definition) is 0. The molecule has 0 atom stereocenters. The molecule has 19 heavy (non-hydrogen) atoms. The van der Waals surface area contributed by atoms with Crippen molar-refractivity contribution in [2.45, 2.75) is 6.92 Å².